The van der Waals surface area contributed by atoms with Crippen LogP contribution in [-0.2, 0) is 22.6 Å². The Morgan fingerprint density at radius 2 is 1.72 bits per heavy atom. The summed E-state index contributed by atoms with van der Waals surface area (Å²) >= 11 is 0. The van der Waals surface area contributed by atoms with Crippen LogP contribution in [0, 0.1) is 24.4 Å². The van der Waals surface area contributed by atoms with E-state index in [1.165, 1.54) is 17.7 Å². The van der Waals surface area contributed by atoms with E-state index in [1.54, 1.807) is 12.3 Å². The minimum absolute atomic E-state index is 0.0164. The molecule has 2 aromatic heterocycles. The zero-order valence-corrected chi connectivity index (χ0v) is 17.4. The highest BCUT2D eigenvalue weighted by Gasteiger charge is 2.18. The monoisotopic (exact) mass is 440 g/mol. The summed E-state index contributed by atoms with van der Waals surface area (Å²) in [4.78, 5) is 24.3. The average Bonchev–Trinajstić information content (AvgIpc) is 3.05. The van der Waals surface area contributed by atoms with Gasteiger partial charge in [-0.05, 0) is 25.1 Å². The largest absolute Gasteiger partial charge is 0.468 e. The molecular weight excluding hydrogens is 421 g/mol. The zero-order chi connectivity index (χ0) is 23.0. The van der Waals surface area contributed by atoms with Crippen molar-refractivity contribution in [3.63, 3.8) is 0 Å². The molecule has 0 spiro atoms. The highest BCUT2D eigenvalue weighted by Crippen LogP contribution is 2.34. The first-order valence-electron chi connectivity index (χ1n) is 9.79. The third-order valence-electron chi connectivity index (χ3n) is 5.45. The number of esters is 1. The van der Waals surface area contributed by atoms with Crippen LogP contribution in [0.2, 0.25) is 0 Å². The van der Waals surface area contributed by atoms with Gasteiger partial charge in [0, 0.05) is 51.6 Å². The van der Waals surface area contributed by atoms with Crippen molar-refractivity contribution >= 4 is 16.9 Å². The molecule has 2 aromatic carbocycles. The number of hydrogen-bond acceptors (Lipinski definition) is 3. The molecule has 0 aliphatic rings. The molecule has 32 heavy (non-hydrogen) atoms. The Bertz CT molecular complexity index is 1410. The lowest BCUT2D eigenvalue weighted by atomic mass is 10.0. The fourth-order valence-corrected chi connectivity index (χ4v) is 3.86. The van der Waals surface area contributed by atoms with Crippen molar-refractivity contribution < 1.29 is 22.7 Å². The number of fused-ring (bicyclic) bond motifs is 1. The van der Waals surface area contributed by atoms with Crippen molar-refractivity contribution in [2.75, 3.05) is 7.11 Å². The van der Waals surface area contributed by atoms with Crippen LogP contribution in [0.25, 0.3) is 22.0 Å². The van der Waals surface area contributed by atoms with Crippen LogP contribution in [0.1, 0.15) is 11.3 Å². The molecule has 0 N–H and O–H groups in total. The Hall–Kier alpha value is -3.81. The van der Waals surface area contributed by atoms with Gasteiger partial charge in [-0.2, -0.15) is 0 Å². The minimum atomic E-state index is -1.29. The van der Waals surface area contributed by atoms with Gasteiger partial charge in [0.2, 0.25) is 0 Å². The van der Waals surface area contributed by atoms with Gasteiger partial charge in [0.15, 0.2) is 11.6 Å². The van der Waals surface area contributed by atoms with Gasteiger partial charge in [-0.15, -0.1) is 0 Å². The van der Waals surface area contributed by atoms with Crippen molar-refractivity contribution in [2.24, 2.45) is 0 Å². The van der Waals surface area contributed by atoms with Gasteiger partial charge >= 0.3 is 5.97 Å². The van der Waals surface area contributed by atoms with Crippen LogP contribution >= 0.6 is 0 Å². The summed E-state index contributed by atoms with van der Waals surface area (Å²) in [5.74, 6) is -3.82. The van der Waals surface area contributed by atoms with Gasteiger partial charge in [0.25, 0.3) is 5.56 Å². The molecule has 0 amide bonds. The Labute approximate surface area is 181 Å². The van der Waals surface area contributed by atoms with E-state index >= 15 is 0 Å². The van der Waals surface area contributed by atoms with Crippen molar-refractivity contribution in [3.05, 3.63) is 93.8 Å². The average molecular weight is 440 g/mol. The molecule has 0 aliphatic carbocycles. The molecule has 0 aliphatic heterocycles. The third kappa shape index (κ3) is 3.79. The molecule has 0 bridgehead atoms. The second kappa shape index (κ2) is 8.37. The van der Waals surface area contributed by atoms with E-state index in [4.69, 9.17) is 4.74 Å². The second-order valence-electron chi connectivity index (χ2n) is 7.38. The number of para-hydroxylation sites is 1. The minimum Gasteiger partial charge on any atom is -0.468 e. The number of benzene rings is 2. The van der Waals surface area contributed by atoms with Gasteiger partial charge in [-0.3, -0.25) is 9.59 Å². The highest BCUT2D eigenvalue weighted by molar-refractivity contribution is 5.98. The lowest BCUT2D eigenvalue weighted by molar-refractivity contribution is -0.141. The zero-order valence-electron chi connectivity index (χ0n) is 17.4. The van der Waals surface area contributed by atoms with E-state index in [0.717, 1.165) is 28.2 Å². The first kappa shape index (κ1) is 21.4. The third-order valence-corrected chi connectivity index (χ3v) is 5.45. The summed E-state index contributed by atoms with van der Waals surface area (Å²) in [5, 5.41) is 0.859. The lowest BCUT2D eigenvalue weighted by Crippen LogP contribution is -2.20. The molecule has 0 saturated heterocycles. The van der Waals surface area contributed by atoms with E-state index in [0.29, 0.717) is 11.6 Å². The first-order chi connectivity index (χ1) is 15.3. The molecule has 4 rings (SSSR count). The molecule has 8 heteroatoms. The van der Waals surface area contributed by atoms with Crippen molar-refractivity contribution in [1.82, 2.24) is 9.13 Å². The van der Waals surface area contributed by atoms with Crippen LogP contribution < -0.4 is 5.56 Å². The number of aromatic nitrogens is 2. The summed E-state index contributed by atoms with van der Waals surface area (Å²) in [7, 11) is 1.32. The van der Waals surface area contributed by atoms with Crippen LogP contribution in [0.4, 0.5) is 13.2 Å². The van der Waals surface area contributed by atoms with Gasteiger partial charge in [-0.1, -0.05) is 18.2 Å². The number of rotatable bonds is 5. The molecule has 0 saturated carbocycles. The normalized spacial score (nSPS) is 11.2. The number of pyridine rings is 1. The standard InChI is InChI=1S/C24H19F3N2O3/c1-14-24(17-5-3-4-6-21(17)29(14)13-23(31)32-2)15-7-8-22(30)28(11-15)12-16-9-19(26)20(27)10-18(16)25/h3-11H,12-13H2,1-2H3. The summed E-state index contributed by atoms with van der Waals surface area (Å²) in [6, 6.07) is 11.7. The molecule has 2 heterocycles. The molecule has 0 unspecified atom stereocenters. The van der Waals surface area contributed by atoms with Crippen LogP contribution in [0.15, 0.2) is 59.5 Å². The van der Waals surface area contributed by atoms with Gasteiger partial charge in [0.05, 0.1) is 13.7 Å². The maximum absolute atomic E-state index is 14.1. The number of nitrogens with zero attached hydrogens (tertiary/aromatic N) is 2. The smallest absolute Gasteiger partial charge is 0.325 e. The van der Waals surface area contributed by atoms with E-state index in [2.05, 4.69) is 0 Å². The maximum Gasteiger partial charge on any atom is 0.325 e. The van der Waals surface area contributed by atoms with E-state index in [1.807, 2.05) is 35.8 Å². The van der Waals surface area contributed by atoms with Gasteiger partial charge in [-0.25, -0.2) is 13.2 Å². The molecule has 0 radical (unpaired) electrons. The number of methoxy groups -OCH3 is 1. The van der Waals surface area contributed by atoms with Gasteiger partial charge < -0.3 is 13.9 Å². The first-order valence-corrected chi connectivity index (χ1v) is 9.79. The summed E-state index contributed by atoms with van der Waals surface area (Å²) in [6.45, 7) is 1.60. The lowest BCUT2D eigenvalue weighted by Gasteiger charge is -2.11. The number of ether oxygens (including phenoxy) is 1. The molecule has 5 nitrogen and oxygen atoms in total. The van der Waals surface area contributed by atoms with Crippen LogP contribution in [0.5, 0.6) is 0 Å². The fraction of sp³-hybridized carbons (Fsp3) is 0.167. The number of halogens is 3. The van der Waals surface area contributed by atoms with Crippen molar-refractivity contribution in [2.45, 2.75) is 20.0 Å². The Morgan fingerprint density at radius 1 is 1.00 bits per heavy atom. The van der Waals surface area contributed by atoms with Gasteiger partial charge in [0.1, 0.15) is 12.4 Å². The van der Waals surface area contributed by atoms with Crippen LogP contribution in [0.3, 0.4) is 0 Å². The van der Waals surface area contributed by atoms with Crippen molar-refractivity contribution in [3.8, 4) is 11.1 Å². The summed E-state index contributed by atoms with van der Waals surface area (Å²) in [5.41, 5.74) is 2.48. The second-order valence-corrected chi connectivity index (χ2v) is 7.38. The highest BCUT2D eigenvalue weighted by atomic mass is 19.2. The number of carbonyl (C=O) groups is 1. The van der Waals surface area contributed by atoms with Crippen molar-refractivity contribution in [1.29, 1.82) is 0 Å². The Kier molecular flexibility index (Phi) is 5.61. The maximum atomic E-state index is 14.1. The fourth-order valence-electron chi connectivity index (χ4n) is 3.86. The van der Waals surface area contributed by atoms with E-state index < -0.39 is 29.0 Å². The number of hydrogen-bond donors (Lipinski definition) is 0. The van der Waals surface area contributed by atoms with Crippen LogP contribution in [-0.4, -0.2) is 22.2 Å². The number of carbonyl (C=O) groups excluding carboxylic acids is 1. The van der Waals surface area contributed by atoms with E-state index in [-0.39, 0.29) is 18.7 Å². The predicted octanol–water partition coefficient (Wildman–Crippen LogP) is 4.42. The molecule has 0 fully saturated rings. The molecule has 0 atom stereocenters. The quantitative estimate of drug-likeness (QED) is 0.341. The summed E-state index contributed by atoms with van der Waals surface area (Å²) in [6.07, 6.45) is 1.54. The van der Waals surface area contributed by atoms with E-state index in [9.17, 15) is 22.8 Å². The predicted molar refractivity (Wildman–Crippen MR) is 114 cm³/mol. The topological polar surface area (TPSA) is 53.2 Å². The molecular formula is C24H19F3N2O3. The Morgan fingerprint density at radius 3 is 2.47 bits per heavy atom. The summed E-state index contributed by atoms with van der Waals surface area (Å²) < 4.78 is 48.8. The SMILES string of the molecule is COC(=O)Cn1c(C)c(-c2ccc(=O)n(Cc3cc(F)c(F)cc3F)c2)c2ccccc21. The molecule has 164 valence electrons. The molecule has 4 aromatic rings. The Balaban J connectivity index is 1.84.